The average Bonchev–Trinajstić information content (AvgIpc) is 2.81. The Bertz CT molecular complexity index is 1230. The summed E-state index contributed by atoms with van der Waals surface area (Å²) in [6.45, 7) is 4.04. The van der Waals surface area contributed by atoms with Gasteiger partial charge in [-0.15, -0.1) is 0 Å². The van der Waals surface area contributed by atoms with E-state index in [1.54, 1.807) is 36.4 Å². The molecule has 178 valence electrons. The summed E-state index contributed by atoms with van der Waals surface area (Å²) >= 11 is 0. The van der Waals surface area contributed by atoms with E-state index in [2.05, 4.69) is 27.3 Å². The quantitative estimate of drug-likeness (QED) is 0.373. The molecule has 2 aromatic carbocycles. The van der Waals surface area contributed by atoms with Crippen molar-refractivity contribution in [3.05, 3.63) is 72.4 Å². The van der Waals surface area contributed by atoms with Crippen molar-refractivity contribution < 1.29 is 22.7 Å². The van der Waals surface area contributed by atoms with Crippen LogP contribution in [0.5, 0.6) is 11.6 Å². The number of nitrogens with zero attached hydrogens (tertiary/aromatic N) is 1. The summed E-state index contributed by atoms with van der Waals surface area (Å²) in [6, 6.07) is 15.4. The van der Waals surface area contributed by atoms with Crippen molar-refractivity contribution in [2.24, 2.45) is 0 Å². The third-order valence-corrected chi connectivity index (χ3v) is 6.03. The van der Waals surface area contributed by atoms with Gasteiger partial charge in [-0.1, -0.05) is 13.3 Å². The van der Waals surface area contributed by atoms with E-state index >= 15 is 0 Å². The lowest BCUT2D eigenvalue weighted by Crippen LogP contribution is -2.24. The van der Waals surface area contributed by atoms with Gasteiger partial charge >= 0.3 is 0 Å². The van der Waals surface area contributed by atoms with Crippen LogP contribution in [0.3, 0.4) is 0 Å². The Kier molecular flexibility index (Phi) is 8.20. The van der Waals surface area contributed by atoms with Crippen molar-refractivity contribution in [2.45, 2.75) is 31.6 Å². The molecule has 0 atom stereocenters. The maximum atomic E-state index is 12.6. The van der Waals surface area contributed by atoms with Gasteiger partial charge in [-0.05, 0) is 61.0 Å². The minimum atomic E-state index is -3.81. The van der Waals surface area contributed by atoms with Gasteiger partial charge in [0.15, 0.2) is 0 Å². The normalized spacial score (nSPS) is 10.9. The smallest absolute Gasteiger partial charge is 0.261 e. The number of pyridine rings is 1. The summed E-state index contributed by atoms with van der Waals surface area (Å²) < 4.78 is 33.4. The van der Waals surface area contributed by atoms with Crippen molar-refractivity contribution in [1.82, 2.24) is 10.3 Å². The largest absolute Gasteiger partial charge is 0.439 e. The first kappa shape index (κ1) is 24.7. The predicted molar refractivity (Wildman–Crippen MR) is 130 cm³/mol. The number of carbonyl (C=O) groups is 2. The molecule has 9 nitrogen and oxygen atoms in total. The highest BCUT2D eigenvalue weighted by Gasteiger charge is 2.14. The van der Waals surface area contributed by atoms with Gasteiger partial charge in [0.25, 0.3) is 15.9 Å². The van der Waals surface area contributed by atoms with Crippen molar-refractivity contribution in [1.29, 1.82) is 0 Å². The third-order valence-electron chi connectivity index (χ3n) is 4.63. The topological polar surface area (TPSA) is 126 Å². The Morgan fingerprint density at radius 1 is 0.941 bits per heavy atom. The molecule has 0 radical (unpaired) electrons. The van der Waals surface area contributed by atoms with Gasteiger partial charge in [-0.3, -0.25) is 14.3 Å². The number of hydrogen-bond donors (Lipinski definition) is 3. The fourth-order valence-corrected chi connectivity index (χ4v) is 3.96. The lowest BCUT2D eigenvalue weighted by Gasteiger charge is -2.10. The summed E-state index contributed by atoms with van der Waals surface area (Å²) in [5.41, 5.74) is 1.30. The molecule has 3 N–H and O–H groups in total. The Labute approximate surface area is 198 Å². The Balaban J connectivity index is 1.59. The molecule has 0 saturated carbocycles. The van der Waals surface area contributed by atoms with Crippen LogP contribution < -0.4 is 20.1 Å². The van der Waals surface area contributed by atoms with E-state index in [9.17, 15) is 18.0 Å². The molecule has 1 heterocycles. The standard InChI is InChI=1S/C24H26N4O5S/c1-3-4-15-25-24(30)18-5-14-23(26-16-18)33-21-10-6-20(7-11-21)28-34(31,32)22-12-8-19(9-13-22)27-17(2)29/h5-14,16,28H,3-4,15H2,1-2H3,(H,25,30)(H,27,29). The van der Waals surface area contributed by atoms with Gasteiger partial charge < -0.3 is 15.4 Å². The maximum absolute atomic E-state index is 12.6. The summed E-state index contributed by atoms with van der Waals surface area (Å²) in [4.78, 5) is 27.3. The molecule has 0 saturated heterocycles. The molecule has 2 amide bonds. The molecule has 0 aliphatic carbocycles. The number of aromatic nitrogens is 1. The van der Waals surface area contributed by atoms with E-state index in [-0.39, 0.29) is 16.7 Å². The number of carbonyl (C=O) groups excluding carboxylic acids is 2. The molecule has 0 bridgehead atoms. The number of nitrogens with one attached hydrogen (secondary N) is 3. The molecule has 0 fully saturated rings. The molecular formula is C24H26N4O5S. The van der Waals surface area contributed by atoms with Crippen molar-refractivity contribution in [3.63, 3.8) is 0 Å². The second-order valence-corrected chi connectivity index (χ2v) is 9.11. The average molecular weight is 483 g/mol. The number of hydrogen-bond acceptors (Lipinski definition) is 6. The van der Waals surface area contributed by atoms with Gasteiger partial charge in [-0.25, -0.2) is 13.4 Å². The fourth-order valence-electron chi connectivity index (χ4n) is 2.90. The second kappa shape index (κ2) is 11.3. The lowest BCUT2D eigenvalue weighted by molar-refractivity contribution is -0.114. The summed E-state index contributed by atoms with van der Waals surface area (Å²) in [5, 5.41) is 5.41. The summed E-state index contributed by atoms with van der Waals surface area (Å²) in [5.74, 6) is 0.330. The van der Waals surface area contributed by atoms with E-state index in [0.29, 0.717) is 35.1 Å². The molecule has 0 aliphatic rings. The number of benzene rings is 2. The van der Waals surface area contributed by atoms with Crippen LogP contribution in [0.1, 0.15) is 37.0 Å². The van der Waals surface area contributed by atoms with E-state index in [1.165, 1.54) is 37.4 Å². The molecule has 3 rings (SSSR count). The Morgan fingerprint density at radius 3 is 2.21 bits per heavy atom. The number of rotatable bonds is 10. The summed E-state index contributed by atoms with van der Waals surface area (Å²) in [7, 11) is -3.81. The van der Waals surface area contributed by atoms with Crippen LogP contribution in [0.25, 0.3) is 0 Å². The van der Waals surface area contributed by atoms with E-state index in [1.807, 2.05) is 0 Å². The Morgan fingerprint density at radius 2 is 1.62 bits per heavy atom. The van der Waals surface area contributed by atoms with Gasteiger partial charge in [0.05, 0.1) is 10.5 Å². The number of amides is 2. The molecule has 0 aliphatic heterocycles. The highest BCUT2D eigenvalue weighted by Crippen LogP contribution is 2.24. The first-order valence-electron chi connectivity index (χ1n) is 10.7. The molecule has 3 aromatic rings. The fraction of sp³-hybridized carbons (Fsp3) is 0.208. The van der Waals surface area contributed by atoms with Crippen LogP contribution >= 0.6 is 0 Å². The molecule has 0 spiro atoms. The second-order valence-electron chi connectivity index (χ2n) is 7.43. The van der Waals surface area contributed by atoms with E-state index in [4.69, 9.17) is 4.74 Å². The van der Waals surface area contributed by atoms with E-state index < -0.39 is 10.0 Å². The molecule has 0 unspecified atom stereocenters. The van der Waals surface area contributed by atoms with Gasteiger partial charge in [0.1, 0.15) is 5.75 Å². The van der Waals surface area contributed by atoms with Crippen LogP contribution in [0.2, 0.25) is 0 Å². The van der Waals surface area contributed by atoms with Gasteiger partial charge in [0, 0.05) is 37.1 Å². The zero-order valence-corrected chi connectivity index (χ0v) is 19.7. The SMILES string of the molecule is CCCCNC(=O)c1ccc(Oc2ccc(NS(=O)(=O)c3ccc(NC(C)=O)cc3)cc2)nc1. The number of ether oxygens (including phenoxy) is 1. The highest BCUT2D eigenvalue weighted by atomic mass is 32.2. The van der Waals surface area contributed by atoms with Crippen molar-refractivity contribution in [3.8, 4) is 11.6 Å². The summed E-state index contributed by atoms with van der Waals surface area (Å²) in [6.07, 6.45) is 3.35. The molecule has 10 heteroatoms. The number of unbranched alkanes of at least 4 members (excludes halogenated alkanes) is 1. The predicted octanol–water partition coefficient (Wildman–Crippen LogP) is 4.16. The molecule has 1 aromatic heterocycles. The first-order valence-corrected chi connectivity index (χ1v) is 12.2. The number of sulfonamides is 1. The zero-order valence-electron chi connectivity index (χ0n) is 18.9. The minimum absolute atomic E-state index is 0.0601. The molecular weight excluding hydrogens is 456 g/mol. The van der Waals surface area contributed by atoms with E-state index in [0.717, 1.165) is 12.8 Å². The third kappa shape index (κ3) is 7.04. The van der Waals surface area contributed by atoms with Crippen LogP contribution in [-0.4, -0.2) is 31.8 Å². The number of anilines is 2. The first-order chi connectivity index (χ1) is 16.3. The van der Waals surface area contributed by atoms with Crippen LogP contribution in [-0.2, 0) is 14.8 Å². The molecule has 34 heavy (non-hydrogen) atoms. The van der Waals surface area contributed by atoms with Gasteiger partial charge in [0.2, 0.25) is 11.8 Å². The monoisotopic (exact) mass is 482 g/mol. The Hall–Kier alpha value is -3.92. The van der Waals surface area contributed by atoms with Crippen LogP contribution in [0.15, 0.2) is 71.8 Å². The van der Waals surface area contributed by atoms with Crippen molar-refractivity contribution >= 4 is 33.2 Å². The van der Waals surface area contributed by atoms with Crippen LogP contribution in [0.4, 0.5) is 11.4 Å². The highest BCUT2D eigenvalue weighted by molar-refractivity contribution is 7.92. The zero-order chi connectivity index (χ0) is 24.6. The van der Waals surface area contributed by atoms with Crippen LogP contribution in [0, 0.1) is 0 Å². The minimum Gasteiger partial charge on any atom is -0.439 e. The lowest BCUT2D eigenvalue weighted by atomic mass is 10.2. The maximum Gasteiger partial charge on any atom is 0.261 e. The van der Waals surface area contributed by atoms with Gasteiger partial charge in [-0.2, -0.15) is 0 Å². The van der Waals surface area contributed by atoms with Crippen molar-refractivity contribution in [2.75, 3.05) is 16.6 Å².